The Balaban J connectivity index is 2.89. The molecule has 0 saturated carbocycles. The fraction of sp³-hybridized carbons (Fsp3) is 0. The Morgan fingerprint density at radius 3 is 3.00 bits per heavy atom. The smallest absolute Gasteiger partial charge is 0.261 e. The van der Waals surface area contributed by atoms with Crippen LogP contribution in [-0.4, -0.2) is 21.2 Å². The Morgan fingerprint density at radius 2 is 2.29 bits per heavy atom. The first-order valence-electron chi connectivity index (χ1n) is 3.81. The van der Waals surface area contributed by atoms with Crippen LogP contribution in [0.15, 0.2) is 17.1 Å². The topological polar surface area (TPSA) is 102 Å². The minimum Gasteiger partial charge on any atom is -0.369 e. The molecule has 0 radical (unpaired) electrons. The molecule has 0 aliphatic rings. The number of H-pyrrole nitrogens is 1. The Labute approximate surface area is 77.8 Å². The van der Waals surface area contributed by atoms with Crippen LogP contribution in [0.5, 0.6) is 0 Å². The normalized spacial score (nSPS) is 10.3. The standard InChI is InChI=1S/C8H6N4O2/c9-8-11-6-5(7(14)12-8)1-4(3-13)2-10-6/h1-3H,(H3,9,10,11,12,14). The molecule has 0 amide bonds. The second-order valence-electron chi connectivity index (χ2n) is 2.71. The molecular weight excluding hydrogens is 184 g/mol. The first kappa shape index (κ1) is 8.36. The molecule has 6 nitrogen and oxygen atoms in total. The lowest BCUT2D eigenvalue weighted by atomic mass is 10.2. The zero-order valence-electron chi connectivity index (χ0n) is 7.02. The number of nitrogens with one attached hydrogen (secondary N) is 1. The van der Waals surface area contributed by atoms with Gasteiger partial charge in [-0.25, -0.2) is 4.98 Å². The monoisotopic (exact) mass is 190 g/mol. The highest BCUT2D eigenvalue weighted by Crippen LogP contribution is 2.05. The lowest BCUT2D eigenvalue weighted by Gasteiger charge is -1.97. The maximum absolute atomic E-state index is 11.3. The first-order chi connectivity index (χ1) is 6.70. The van der Waals surface area contributed by atoms with E-state index in [1.807, 2.05) is 0 Å². The van der Waals surface area contributed by atoms with Gasteiger partial charge in [-0.3, -0.25) is 14.6 Å². The molecule has 0 saturated heterocycles. The highest BCUT2D eigenvalue weighted by atomic mass is 16.1. The number of nitrogen functional groups attached to an aromatic ring is 1. The maximum Gasteiger partial charge on any atom is 0.261 e. The summed E-state index contributed by atoms with van der Waals surface area (Å²) < 4.78 is 0. The van der Waals surface area contributed by atoms with Crippen LogP contribution < -0.4 is 11.3 Å². The van der Waals surface area contributed by atoms with Crippen molar-refractivity contribution in [3.8, 4) is 0 Å². The number of rotatable bonds is 1. The quantitative estimate of drug-likeness (QED) is 0.602. The minimum absolute atomic E-state index is 0.00820. The highest BCUT2D eigenvalue weighted by Gasteiger charge is 2.03. The van der Waals surface area contributed by atoms with Crippen molar-refractivity contribution in [1.82, 2.24) is 15.0 Å². The lowest BCUT2D eigenvalue weighted by Crippen LogP contribution is -2.12. The number of pyridine rings is 1. The molecule has 0 fully saturated rings. The molecule has 0 aromatic carbocycles. The Hall–Kier alpha value is -2.24. The summed E-state index contributed by atoms with van der Waals surface area (Å²) in [7, 11) is 0. The first-order valence-corrected chi connectivity index (χ1v) is 3.81. The molecule has 2 aromatic rings. The van der Waals surface area contributed by atoms with Gasteiger partial charge in [-0.15, -0.1) is 0 Å². The third kappa shape index (κ3) is 1.22. The molecule has 0 unspecified atom stereocenters. The van der Waals surface area contributed by atoms with Crippen LogP contribution in [0, 0.1) is 0 Å². The Bertz CT molecular complexity index is 561. The number of fused-ring (bicyclic) bond motifs is 1. The van der Waals surface area contributed by atoms with E-state index in [0.717, 1.165) is 0 Å². The minimum atomic E-state index is -0.399. The summed E-state index contributed by atoms with van der Waals surface area (Å²) >= 11 is 0. The molecule has 6 heteroatoms. The van der Waals surface area contributed by atoms with Crippen LogP contribution in [-0.2, 0) is 0 Å². The summed E-state index contributed by atoms with van der Waals surface area (Å²) in [6.07, 6.45) is 1.95. The fourth-order valence-corrected chi connectivity index (χ4v) is 1.12. The van der Waals surface area contributed by atoms with Crippen molar-refractivity contribution in [2.45, 2.75) is 0 Å². The molecule has 3 N–H and O–H groups in total. The van der Waals surface area contributed by atoms with E-state index in [1.165, 1.54) is 12.3 Å². The van der Waals surface area contributed by atoms with Crippen molar-refractivity contribution in [1.29, 1.82) is 0 Å². The number of aromatic nitrogens is 3. The van der Waals surface area contributed by atoms with E-state index < -0.39 is 5.56 Å². The number of nitrogens with zero attached hydrogens (tertiary/aromatic N) is 2. The van der Waals surface area contributed by atoms with E-state index in [2.05, 4.69) is 15.0 Å². The molecule has 2 heterocycles. The maximum atomic E-state index is 11.3. The predicted molar refractivity (Wildman–Crippen MR) is 50.0 cm³/mol. The molecule has 2 rings (SSSR count). The average Bonchev–Trinajstić information content (AvgIpc) is 2.17. The number of carbonyl (C=O) groups excluding carboxylic acids is 1. The van der Waals surface area contributed by atoms with Gasteiger partial charge in [0.15, 0.2) is 11.9 Å². The van der Waals surface area contributed by atoms with Gasteiger partial charge in [-0.2, -0.15) is 4.98 Å². The number of carbonyl (C=O) groups is 1. The van der Waals surface area contributed by atoms with Crippen LogP contribution >= 0.6 is 0 Å². The summed E-state index contributed by atoms with van der Waals surface area (Å²) in [6, 6.07) is 1.42. The van der Waals surface area contributed by atoms with Crippen molar-refractivity contribution in [3.05, 3.63) is 28.2 Å². The number of nitrogens with two attached hydrogens (primary N) is 1. The van der Waals surface area contributed by atoms with E-state index in [4.69, 9.17) is 5.73 Å². The summed E-state index contributed by atoms with van der Waals surface area (Å²) in [5.41, 5.74) is 5.48. The second kappa shape index (κ2) is 2.91. The predicted octanol–water partition coefficient (Wildman–Crippen LogP) is -0.287. The number of aldehydes is 1. The van der Waals surface area contributed by atoms with Gasteiger partial charge in [-0.05, 0) is 6.07 Å². The van der Waals surface area contributed by atoms with Gasteiger partial charge in [0.2, 0.25) is 5.95 Å². The molecule has 2 aromatic heterocycles. The van der Waals surface area contributed by atoms with Crippen LogP contribution in [0.2, 0.25) is 0 Å². The summed E-state index contributed by atoms with van der Waals surface area (Å²) in [5.74, 6) is 0.00820. The summed E-state index contributed by atoms with van der Waals surface area (Å²) in [5, 5.41) is 0.254. The number of aromatic amines is 1. The Kier molecular flexibility index (Phi) is 1.74. The van der Waals surface area contributed by atoms with E-state index in [1.54, 1.807) is 0 Å². The SMILES string of the molecule is Nc1nc2ncc(C=O)cc2c(=O)[nH]1. The molecule has 0 spiro atoms. The lowest BCUT2D eigenvalue weighted by molar-refractivity contribution is 0.112. The Morgan fingerprint density at radius 1 is 1.50 bits per heavy atom. The van der Waals surface area contributed by atoms with E-state index in [9.17, 15) is 9.59 Å². The number of anilines is 1. The van der Waals surface area contributed by atoms with E-state index in [0.29, 0.717) is 11.8 Å². The van der Waals surface area contributed by atoms with Gasteiger partial charge in [0.1, 0.15) is 0 Å². The van der Waals surface area contributed by atoms with Crippen molar-refractivity contribution in [2.24, 2.45) is 0 Å². The average molecular weight is 190 g/mol. The van der Waals surface area contributed by atoms with Gasteiger partial charge >= 0.3 is 0 Å². The second-order valence-corrected chi connectivity index (χ2v) is 2.71. The zero-order valence-corrected chi connectivity index (χ0v) is 7.02. The number of hydrogen-bond donors (Lipinski definition) is 2. The third-order valence-corrected chi connectivity index (χ3v) is 1.74. The van der Waals surface area contributed by atoms with Gasteiger partial charge in [0.25, 0.3) is 5.56 Å². The van der Waals surface area contributed by atoms with Crippen molar-refractivity contribution in [3.63, 3.8) is 0 Å². The van der Waals surface area contributed by atoms with Gasteiger partial charge in [0.05, 0.1) is 5.39 Å². The van der Waals surface area contributed by atoms with Crippen molar-refractivity contribution < 1.29 is 4.79 Å². The fourth-order valence-electron chi connectivity index (χ4n) is 1.12. The van der Waals surface area contributed by atoms with Gasteiger partial charge in [0, 0.05) is 11.8 Å². The summed E-state index contributed by atoms with van der Waals surface area (Å²) in [6.45, 7) is 0. The van der Waals surface area contributed by atoms with E-state index in [-0.39, 0.29) is 17.0 Å². The zero-order chi connectivity index (χ0) is 10.1. The highest BCUT2D eigenvalue weighted by molar-refractivity contribution is 5.83. The van der Waals surface area contributed by atoms with Gasteiger partial charge in [-0.1, -0.05) is 0 Å². The van der Waals surface area contributed by atoms with Crippen LogP contribution in [0.4, 0.5) is 5.95 Å². The van der Waals surface area contributed by atoms with Crippen molar-refractivity contribution >= 4 is 23.3 Å². The van der Waals surface area contributed by atoms with Gasteiger partial charge < -0.3 is 5.73 Å². The van der Waals surface area contributed by atoms with Crippen LogP contribution in [0.1, 0.15) is 10.4 Å². The van der Waals surface area contributed by atoms with Crippen molar-refractivity contribution in [2.75, 3.05) is 5.73 Å². The molecule has 0 bridgehead atoms. The molecular formula is C8H6N4O2. The summed E-state index contributed by atoms with van der Waals surface area (Å²) in [4.78, 5) is 31.7. The molecule has 14 heavy (non-hydrogen) atoms. The third-order valence-electron chi connectivity index (χ3n) is 1.74. The van der Waals surface area contributed by atoms with E-state index >= 15 is 0 Å². The molecule has 70 valence electrons. The van der Waals surface area contributed by atoms with Crippen LogP contribution in [0.3, 0.4) is 0 Å². The van der Waals surface area contributed by atoms with Crippen LogP contribution in [0.25, 0.3) is 11.0 Å². The molecule has 0 aliphatic carbocycles. The number of hydrogen-bond acceptors (Lipinski definition) is 5. The molecule has 0 aliphatic heterocycles. The molecule has 0 atom stereocenters. The largest absolute Gasteiger partial charge is 0.369 e.